The van der Waals surface area contributed by atoms with Crippen molar-refractivity contribution in [3.63, 3.8) is 0 Å². The van der Waals surface area contributed by atoms with Gasteiger partial charge >= 0.3 is 0 Å². The van der Waals surface area contributed by atoms with Gasteiger partial charge in [-0.05, 0) is 36.4 Å². The highest BCUT2D eigenvalue weighted by molar-refractivity contribution is 5.54. The van der Waals surface area contributed by atoms with Crippen molar-refractivity contribution in [2.45, 2.75) is 11.5 Å². The van der Waals surface area contributed by atoms with Crippen molar-refractivity contribution >= 4 is 0 Å². The highest BCUT2D eigenvalue weighted by Gasteiger charge is 2.41. The van der Waals surface area contributed by atoms with Crippen LogP contribution in [-0.4, -0.2) is 30.8 Å². The molecular weight excluding hydrogens is 370 g/mol. The molecule has 0 radical (unpaired) electrons. The lowest BCUT2D eigenvalue weighted by atomic mass is 9.75. The Bertz CT molecular complexity index is 999. The van der Waals surface area contributed by atoms with Crippen molar-refractivity contribution in [2.24, 2.45) is 0 Å². The van der Waals surface area contributed by atoms with E-state index in [1.807, 2.05) is 66.7 Å². The Hall–Kier alpha value is -2.98. The SMILES string of the molecule is CN(C)CC1=CC=CC1c1ccccc1C(OO)(c1ccccc1)c1ccccc1. The van der Waals surface area contributed by atoms with Crippen molar-refractivity contribution in [3.8, 4) is 0 Å². The first-order valence-corrected chi connectivity index (χ1v) is 10.2. The van der Waals surface area contributed by atoms with Crippen LogP contribution in [0, 0.1) is 0 Å². The lowest BCUT2D eigenvalue weighted by Crippen LogP contribution is -2.33. The zero-order valence-corrected chi connectivity index (χ0v) is 17.4. The molecule has 0 amide bonds. The number of hydrogen-bond donors (Lipinski definition) is 1. The van der Waals surface area contributed by atoms with Gasteiger partial charge < -0.3 is 4.90 Å². The molecule has 0 bridgehead atoms. The number of allylic oxidation sites excluding steroid dienone is 3. The Balaban J connectivity index is 1.94. The molecule has 1 aliphatic rings. The molecule has 0 heterocycles. The minimum absolute atomic E-state index is 0.130. The molecule has 0 spiro atoms. The predicted molar refractivity (Wildman–Crippen MR) is 121 cm³/mol. The van der Waals surface area contributed by atoms with Gasteiger partial charge in [-0.15, -0.1) is 0 Å². The Labute approximate surface area is 178 Å². The molecular formula is C27H27NO2. The number of hydrogen-bond acceptors (Lipinski definition) is 3. The molecule has 0 aromatic heterocycles. The fourth-order valence-electron chi connectivity index (χ4n) is 4.40. The van der Waals surface area contributed by atoms with Crippen molar-refractivity contribution in [3.05, 3.63) is 131 Å². The predicted octanol–water partition coefficient (Wildman–Crippen LogP) is 5.61. The van der Waals surface area contributed by atoms with Gasteiger partial charge in [0, 0.05) is 18.0 Å². The van der Waals surface area contributed by atoms with E-state index in [4.69, 9.17) is 4.89 Å². The molecule has 0 saturated carbocycles. The van der Waals surface area contributed by atoms with Gasteiger partial charge in [0.15, 0.2) is 5.60 Å². The van der Waals surface area contributed by atoms with E-state index >= 15 is 0 Å². The lowest BCUT2D eigenvalue weighted by Gasteiger charge is -2.35. The van der Waals surface area contributed by atoms with Crippen LogP contribution in [0.1, 0.15) is 28.2 Å². The van der Waals surface area contributed by atoms with E-state index in [-0.39, 0.29) is 5.92 Å². The topological polar surface area (TPSA) is 32.7 Å². The Morgan fingerprint density at radius 1 is 0.833 bits per heavy atom. The molecule has 1 unspecified atom stereocenters. The zero-order valence-electron chi connectivity index (χ0n) is 17.4. The molecule has 0 aliphatic heterocycles. The van der Waals surface area contributed by atoms with Crippen LogP contribution < -0.4 is 0 Å². The van der Waals surface area contributed by atoms with E-state index in [2.05, 4.69) is 55.4 Å². The zero-order chi connectivity index (χ0) is 21.0. The summed E-state index contributed by atoms with van der Waals surface area (Å²) in [6.45, 7) is 0.871. The molecule has 0 fully saturated rings. The fraction of sp³-hybridized carbons (Fsp3) is 0.185. The van der Waals surface area contributed by atoms with Crippen LogP contribution in [0.5, 0.6) is 0 Å². The van der Waals surface area contributed by atoms with Gasteiger partial charge in [-0.1, -0.05) is 103 Å². The van der Waals surface area contributed by atoms with Crippen molar-refractivity contribution < 1.29 is 10.1 Å². The molecule has 30 heavy (non-hydrogen) atoms. The summed E-state index contributed by atoms with van der Waals surface area (Å²) < 4.78 is 0. The Kier molecular flexibility index (Phi) is 5.96. The maximum atomic E-state index is 10.5. The van der Waals surface area contributed by atoms with Crippen LogP contribution >= 0.6 is 0 Å². The standard InChI is InChI=1S/C27H27NO2/c1-28(2)20-21-12-11-18-24(21)25-17-9-10-19-26(25)27(30-29,22-13-5-3-6-14-22)23-15-7-4-8-16-23/h3-19,24,29H,20H2,1-2H3. The van der Waals surface area contributed by atoms with E-state index in [1.165, 1.54) is 5.57 Å². The summed E-state index contributed by atoms with van der Waals surface area (Å²) in [7, 11) is 4.16. The third-order valence-corrected chi connectivity index (χ3v) is 5.68. The Morgan fingerprint density at radius 3 is 1.97 bits per heavy atom. The van der Waals surface area contributed by atoms with Gasteiger partial charge in [-0.2, -0.15) is 0 Å². The van der Waals surface area contributed by atoms with E-state index in [9.17, 15) is 5.26 Å². The number of benzene rings is 3. The minimum atomic E-state index is -1.13. The summed E-state index contributed by atoms with van der Waals surface area (Å²) in [5, 5.41) is 10.5. The third kappa shape index (κ3) is 3.63. The summed E-state index contributed by atoms with van der Waals surface area (Å²) >= 11 is 0. The van der Waals surface area contributed by atoms with Crippen molar-refractivity contribution in [1.29, 1.82) is 0 Å². The maximum Gasteiger partial charge on any atom is 0.179 e. The molecule has 0 saturated heterocycles. The first-order valence-electron chi connectivity index (χ1n) is 10.2. The largest absolute Gasteiger partial charge is 0.305 e. The van der Waals surface area contributed by atoms with Crippen LogP contribution in [0.4, 0.5) is 0 Å². The van der Waals surface area contributed by atoms with Crippen LogP contribution in [-0.2, 0) is 10.5 Å². The molecule has 152 valence electrons. The summed E-state index contributed by atoms with van der Waals surface area (Å²) in [5.41, 5.74) is 4.02. The number of nitrogens with zero attached hydrogens (tertiary/aromatic N) is 1. The monoisotopic (exact) mass is 397 g/mol. The van der Waals surface area contributed by atoms with Gasteiger partial charge in [0.1, 0.15) is 0 Å². The minimum Gasteiger partial charge on any atom is -0.305 e. The molecule has 3 aromatic rings. The average Bonchev–Trinajstić information content (AvgIpc) is 3.24. The van der Waals surface area contributed by atoms with Crippen LogP contribution in [0.2, 0.25) is 0 Å². The van der Waals surface area contributed by atoms with Gasteiger partial charge in [0.2, 0.25) is 0 Å². The second-order valence-electron chi connectivity index (χ2n) is 7.93. The van der Waals surface area contributed by atoms with Crippen LogP contribution in [0.3, 0.4) is 0 Å². The maximum absolute atomic E-state index is 10.5. The second-order valence-corrected chi connectivity index (χ2v) is 7.93. The summed E-state index contributed by atoms with van der Waals surface area (Å²) in [6, 6.07) is 28.1. The second kappa shape index (κ2) is 8.80. The smallest absolute Gasteiger partial charge is 0.179 e. The quantitative estimate of drug-likeness (QED) is 0.320. The first-order chi connectivity index (χ1) is 14.7. The van der Waals surface area contributed by atoms with E-state index < -0.39 is 5.60 Å². The molecule has 1 atom stereocenters. The van der Waals surface area contributed by atoms with Gasteiger partial charge in [0.05, 0.1) is 0 Å². The molecule has 1 N–H and O–H groups in total. The van der Waals surface area contributed by atoms with Crippen molar-refractivity contribution in [1.82, 2.24) is 4.90 Å². The lowest BCUT2D eigenvalue weighted by molar-refractivity contribution is -0.302. The fourth-order valence-corrected chi connectivity index (χ4v) is 4.40. The molecule has 3 aromatic carbocycles. The average molecular weight is 398 g/mol. The highest BCUT2D eigenvalue weighted by atomic mass is 17.1. The molecule has 4 rings (SSSR count). The summed E-state index contributed by atoms with van der Waals surface area (Å²) in [4.78, 5) is 7.64. The molecule has 3 heteroatoms. The Morgan fingerprint density at radius 2 is 1.40 bits per heavy atom. The molecule has 3 nitrogen and oxygen atoms in total. The summed E-state index contributed by atoms with van der Waals surface area (Å²) in [6.07, 6.45) is 6.52. The summed E-state index contributed by atoms with van der Waals surface area (Å²) in [5.74, 6) is 0.130. The normalized spacial score (nSPS) is 16.1. The van der Waals surface area contributed by atoms with Gasteiger partial charge in [-0.25, -0.2) is 4.89 Å². The van der Waals surface area contributed by atoms with Crippen molar-refractivity contribution in [2.75, 3.05) is 20.6 Å². The van der Waals surface area contributed by atoms with Gasteiger partial charge in [0.25, 0.3) is 0 Å². The van der Waals surface area contributed by atoms with Crippen LogP contribution in [0.15, 0.2) is 109 Å². The van der Waals surface area contributed by atoms with Crippen LogP contribution in [0.25, 0.3) is 0 Å². The van der Waals surface area contributed by atoms with E-state index in [0.717, 1.165) is 28.8 Å². The highest BCUT2D eigenvalue weighted by Crippen LogP contribution is 2.45. The first kappa shape index (κ1) is 20.3. The number of rotatable bonds is 7. The van der Waals surface area contributed by atoms with E-state index in [0.29, 0.717) is 0 Å². The van der Waals surface area contributed by atoms with E-state index in [1.54, 1.807) is 0 Å². The third-order valence-electron chi connectivity index (χ3n) is 5.68. The molecule has 1 aliphatic carbocycles. The number of likely N-dealkylation sites (N-methyl/N-ethyl adjacent to an activating group) is 1. The van der Waals surface area contributed by atoms with Gasteiger partial charge in [-0.3, -0.25) is 5.26 Å².